The van der Waals surface area contributed by atoms with E-state index < -0.39 is 29.7 Å². The molecule has 0 bridgehead atoms. The van der Waals surface area contributed by atoms with Gasteiger partial charge in [0, 0.05) is 26.5 Å². The van der Waals surface area contributed by atoms with Gasteiger partial charge in [-0.05, 0) is 52.5 Å². The lowest BCUT2D eigenvalue weighted by Gasteiger charge is -2.42. The SMILES string of the molecule is CO[C@]1(C)C[C@]2(CO2)[C@@H](O)[C@@H](/C=C/C(C)=C/C[C@@H]2O[C@H](C)[C@@H](NC(=O)/C=C\[C@H](C)OC(C)=O)C[C@@H]2C)O1. The second-order valence-electron chi connectivity index (χ2n) is 10.8. The topological polar surface area (TPSA) is 116 Å². The number of carbonyl (C=O) groups is 2. The minimum Gasteiger partial charge on any atom is -0.459 e. The number of epoxide rings is 1. The molecule has 3 heterocycles. The molecule has 3 saturated heterocycles. The number of amides is 1. The van der Waals surface area contributed by atoms with Crippen LogP contribution >= 0.6 is 0 Å². The lowest BCUT2D eigenvalue weighted by molar-refractivity contribution is -0.284. The molecule has 3 aliphatic heterocycles. The summed E-state index contributed by atoms with van der Waals surface area (Å²) in [5, 5.41) is 13.7. The lowest BCUT2D eigenvalue weighted by atomic mass is 9.87. The normalized spacial score (nSPS) is 39.2. The van der Waals surface area contributed by atoms with Gasteiger partial charge in [-0.3, -0.25) is 9.59 Å². The highest BCUT2D eigenvalue weighted by Crippen LogP contribution is 2.46. The zero-order valence-electron chi connectivity index (χ0n) is 23.1. The number of rotatable bonds is 9. The van der Waals surface area contributed by atoms with E-state index in [4.69, 9.17) is 23.7 Å². The molecule has 3 fully saturated rings. The number of esters is 1. The van der Waals surface area contributed by atoms with Crippen LogP contribution in [0.4, 0.5) is 0 Å². The van der Waals surface area contributed by atoms with Crippen LogP contribution in [0.15, 0.2) is 36.0 Å². The van der Waals surface area contributed by atoms with Crippen LogP contribution in [0, 0.1) is 5.92 Å². The molecular formula is C28H43NO8. The van der Waals surface area contributed by atoms with Crippen LogP contribution in [0.5, 0.6) is 0 Å². The van der Waals surface area contributed by atoms with E-state index in [1.54, 1.807) is 20.1 Å². The van der Waals surface area contributed by atoms with E-state index in [-0.39, 0.29) is 36.0 Å². The molecule has 2 N–H and O–H groups in total. The van der Waals surface area contributed by atoms with E-state index >= 15 is 0 Å². The Labute approximate surface area is 220 Å². The van der Waals surface area contributed by atoms with Crippen LogP contribution in [0.2, 0.25) is 0 Å². The predicted molar refractivity (Wildman–Crippen MR) is 138 cm³/mol. The van der Waals surface area contributed by atoms with Crippen molar-refractivity contribution in [2.24, 2.45) is 5.92 Å². The number of carbonyl (C=O) groups excluding carboxylic acids is 2. The van der Waals surface area contributed by atoms with Gasteiger partial charge in [0.25, 0.3) is 0 Å². The van der Waals surface area contributed by atoms with Gasteiger partial charge in [-0.15, -0.1) is 0 Å². The summed E-state index contributed by atoms with van der Waals surface area (Å²) >= 11 is 0. The maximum atomic E-state index is 12.3. The number of allylic oxidation sites excluding steroid dienone is 2. The molecule has 0 aromatic heterocycles. The first-order chi connectivity index (χ1) is 17.4. The van der Waals surface area contributed by atoms with Crippen molar-refractivity contribution in [1.29, 1.82) is 0 Å². The molecule has 9 nitrogen and oxygen atoms in total. The number of aliphatic hydroxyl groups excluding tert-OH is 1. The molecule has 9 atom stereocenters. The van der Waals surface area contributed by atoms with E-state index in [0.717, 1.165) is 18.4 Å². The molecule has 3 aliphatic rings. The van der Waals surface area contributed by atoms with Gasteiger partial charge >= 0.3 is 5.97 Å². The molecule has 0 saturated carbocycles. The average molecular weight is 522 g/mol. The Hall–Kier alpha value is -2.04. The summed E-state index contributed by atoms with van der Waals surface area (Å²) in [5.41, 5.74) is 0.455. The van der Waals surface area contributed by atoms with E-state index in [1.165, 1.54) is 13.0 Å². The summed E-state index contributed by atoms with van der Waals surface area (Å²) in [5.74, 6) is -1.18. The Balaban J connectivity index is 1.50. The summed E-state index contributed by atoms with van der Waals surface area (Å²) in [6, 6.07) is -0.102. The van der Waals surface area contributed by atoms with E-state index in [0.29, 0.717) is 13.0 Å². The first kappa shape index (κ1) is 29.5. The van der Waals surface area contributed by atoms with Crippen molar-refractivity contribution in [1.82, 2.24) is 5.32 Å². The van der Waals surface area contributed by atoms with Crippen molar-refractivity contribution in [2.45, 2.75) is 109 Å². The van der Waals surface area contributed by atoms with Gasteiger partial charge in [0.15, 0.2) is 5.79 Å². The quantitative estimate of drug-likeness (QED) is 0.206. The van der Waals surface area contributed by atoms with Crippen LogP contribution in [0.25, 0.3) is 0 Å². The molecular weight excluding hydrogens is 478 g/mol. The first-order valence-corrected chi connectivity index (χ1v) is 13.1. The third-order valence-electron chi connectivity index (χ3n) is 7.44. The van der Waals surface area contributed by atoms with Gasteiger partial charge in [-0.1, -0.05) is 30.7 Å². The van der Waals surface area contributed by atoms with Crippen molar-refractivity contribution in [2.75, 3.05) is 13.7 Å². The van der Waals surface area contributed by atoms with Crippen molar-refractivity contribution in [3.05, 3.63) is 36.0 Å². The van der Waals surface area contributed by atoms with Crippen LogP contribution in [-0.4, -0.2) is 78.6 Å². The highest BCUT2D eigenvalue weighted by atomic mass is 16.7. The maximum Gasteiger partial charge on any atom is 0.303 e. The van der Waals surface area contributed by atoms with Gasteiger partial charge < -0.3 is 34.1 Å². The summed E-state index contributed by atoms with van der Waals surface area (Å²) in [7, 11) is 1.60. The van der Waals surface area contributed by atoms with Crippen LogP contribution < -0.4 is 5.32 Å². The van der Waals surface area contributed by atoms with Gasteiger partial charge in [-0.2, -0.15) is 0 Å². The molecule has 0 radical (unpaired) electrons. The zero-order valence-corrected chi connectivity index (χ0v) is 23.1. The molecule has 208 valence electrons. The summed E-state index contributed by atoms with van der Waals surface area (Å²) in [6.07, 6.45) is 9.09. The third-order valence-corrected chi connectivity index (χ3v) is 7.44. The average Bonchev–Trinajstić information content (AvgIpc) is 3.59. The van der Waals surface area contributed by atoms with Crippen LogP contribution in [-0.2, 0) is 33.3 Å². The Bertz CT molecular complexity index is 910. The molecule has 1 spiro atoms. The lowest BCUT2D eigenvalue weighted by Crippen LogP contribution is -2.55. The van der Waals surface area contributed by atoms with E-state index in [1.807, 2.05) is 32.9 Å². The predicted octanol–water partition coefficient (Wildman–Crippen LogP) is 2.97. The molecule has 0 unspecified atom stereocenters. The minimum atomic E-state index is -0.799. The maximum absolute atomic E-state index is 12.3. The molecule has 3 rings (SSSR count). The molecule has 1 amide bonds. The molecule has 9 heteroatoms. The highest BCUT2D eigenvalue weighted by molar-refractivity contribution is 5.87. The van der Waals surface area contributed by atoms with Gasteiger partial charge in [-0.25, -0.2) is 0 Å². The van der Waals surface area contributed by atoms with Crippen molar-refractivity contribution < 1.29 is 38.4 Å². The fourth-order valence-corrected chi connectivity index (χ4v) is 5.06. The van der Waals surface area contributed by atoms with Gasteiger partial charge in [0.05, 0.1) is 24.9 Å². The Morgan fingerprint density at radius 3 is 2.57 bits per heavy atom. The van der Waals surface area contributed by atoms with Crippen molar-refractivity contribution in [3.63, 3.8) is 0 Å². The Kier molecular flexibility index (Phi) is 9.74. The number of hydrogen-bond acceptors (Lipinski definition) is 8. The zero-order chi connectivity index (χ0) is 27.4. The number of aliphatic hydroxyl groups is 1. The largest absolute Gasteiger partial charge is 0.459 e. The van der Waals surface area contributed by atoms with Crippen LogP contribution in [0.3, 0.4) is 0 Å². The fraction of sp³-hybridized carbons (Fsp3) is 0.714. The van der Waals surface area contributed by atoms with E-state index in [9.17, 15) is 14.7 Å². The van der Waals surface area contributed by atoms with Crippen LogP contribution in [0.1, 0.15) is 60.8 Å². The summed E-state index contributed by atoms with van der Waals surface area (Å²) in [6.45, 7) is 11.5. The smallest absolute Gasteiger partial charge is 0.303 e. The van der Waals surface area contributed by atoms with Crippen molar-refractivity contribution in [3.8, 4) is 0 Å². The summed E-state index contributed by atoms with van der Waals surface area (Å²) in [4.78, 5) is 23.3. The number of ether oxygens (including phenoxy) is 5. The molecule has 0 aliphatic carbocycles. The summed E-state index contributed by atoms with van der Waals surface area (Å²) < 4.78 is 28.4. The number of methoxy groups -OCH3 is 1. The van der Waals surface area contributed by atoms with Crippen molar-refractivity contribution >= 4 is 11.9 Å². The Morgan fingerprint density at radius 2 is 1.95 bits per heavy atom. The fourth-order valence-electron chi connectivity index (χ4n) is 5.06. The third kappa shape index (κ3) is 7.97. The van der Waals surface area contributed by atoms with Gasteiger partial charge in [0.2, 0.25) is 5.91 Å². The second-order valence-corrected chi connectivity index (χ2v) is 10.8. The minimum absolute atomic E-state index is 0.0301. The standard InChI is InChI=1S/C28H43NO8/c1-17(9-12-24-26(32)28(16-34-28)15-27(6,33-7)37-24)8-11-23-18(2)14-22(20(4)36-23)29-25(31)13-10-19(3)35-21(5)30/h8-10,12-13,18-20,22-24,26,32H,11,14-16H2,1-7H3,(H,29,31)/b12-9+,13-10-,17-8+/t18-,19-,20+,22-,23-,24+,26-,27-,28-/m0/s1. The monoisotopic (exact) mass is 521 g/mol. The van der Waals surface area contributed by atoms with E-state index in [2.05, 4.69) is 18.3 Å². The second kappa shape index (κ2) is 12.2. The molecule has 0 aromatic rings. The number of hydrogen-bond donors (Lipinski definition) is 2. The Morgan fingerprint density at radius 1 is 1.24 bits per heavy atom. The highest BCUT2D eigenvalue weighted by Gasteiger charge is 2.61. The molecule has 0 aromatic carbocycles. The first-order valence-electron chi connectivity index (χ1n) is 13.1. The molecule has 37 heavy (non-hydrogen) atoms. The van der Waals surface area contributed by atoms with Gasteiger partial charge in [0.1, 0.15) is 23.9 Å². The number of nitrogens with one attached hydrogen (secondary N) is 1.